The highest BCUT2D eigenvalue weighted by Gasteiger charge is 2.43. The number of hydrogen-bond acceptors (Lipinski definition) is 6. The number of fused-ring (bicyclic) bond motifs is 2. The molecule has 3 N–H and O–H groups in total. The molecule has 1 unspecified atom stereocenters. The third kappa shape index (κ3) is 6.73. The van der Waals surface area contributed by atoms with E-state index in [0.29, 0.717) is 39.6 Å². The number of carbonyl (C=O) groups is 3. The summed E-state index contributed by atoms with van der Waals surface area (Å²) < 4.78 is 29.5. The van der Waals surface area contributed by atoms with Crippen LogP contribution in [0.4, 0.5) is 17.1 Å². The predicted molar refractivity (Wildman–Crippen MR) is 187 cm³/mol. The Labute approximate surface area is 283 Å². The van der Waals surface area contributed by atoms with Crippen molar-refractivity contribution in [2.24, 2.45) is 0 Å². The molecular formula is C36H32ClN5O5S. The number of nitrogens with one attached hydrogen (secondary N) is 3. The van der Waals surface area contributed by atoms with Crippen molar-refractivity contribution in [3.63, 3.8) is 0 Å². The van der Waals surface area contributed by atoms with Crippen LogP contribution in [0.2, 0.25) is 5.02 Å². The molecule has 6 rings (SSSR count). The van der Waals surface area contributed by atoms with Crippen molar-refractivity contribution in [3.8, 4) is 0 Å². The van der Waals surface area contributed by atoms with Crippen LogP contribution in [0.25, 0.3) is 10.8 Å². The van der Waals surface area contributed by atoms with E-state index in [1.807, 2.05) is 36.4 Å². The lowest BCUT2D eigenvalue weighted by molar-refractivity contribution is -0.125. The standard InChI is InChI=1S/C36H32ClN5O5S/c1-22-17-27(37)18-23(2)34(22)48(46,47)42-31-10-6-5-9-29(31)41-36(45)32(42)20-33(43)38-16-15-24-11-13-28(14-12-24)40-35(44)30-19-25-7-3-4-8-26(25)21-39-30/h3-14,17-19,21,32H,15-16,20H2,1-2H3,(H,38,43)(H,40,44)(H,41,45). The quantitative estimate of drug-likeness (QED) is 0.174. The summed E-state index contributed by atoms with van der Waals surface area (Å²) in [5, 5.41) is 10.7. The average molecular weight is 682 g/mol. The maximum absolute atomic E-state index is 14.2. The Morgan fingerprint density at radius 3 is 2.31 bits per heavy atom. The van der Waals surface area contributed by atoms with E-state index in [9.17, 15) is 22.8 Å². The topological polar surface area (TPSA) is 138 Å². The molecule has 2 heterocycles. The second kappa shape index (κ2) is 13.5. The zero-order chi connectivity index (χ0) is 34.0. The SMILES string of the molecule is Cc1cc(Cl)cc(C)c1S(=O)(=O)N1c2ccccc2NC(=O)C1CC(=O)NCCc1ccc(NC(=O)c2cc3ccccc3cn2)cc1. The van der Waals surface area contributed by atoms with Crippen LogP contribution in [0, 0.1) is 13.8 Å². The third-order valence-corrected chi connectivity index (χ3v) is 10.5. The molecule has 1 aliphatic rings. The minimum atomic E-state index is -4.29. The Balaban J connectivity index is 1.11. The van der Waals surface area contributed by atoms with Gasteiger partial charge in [0.25, 0.3) is 15.9 Å². The van der Waals surface area contributed by atoms with Gasteiger partial charge in [-0.2, -0.15) is 0 Å². The number of amides is 3. The minimum Gasteiger partial charge on any atom is -0.356 e. The molecule has 1 aromatic heterocycles. The van der Waals surface area contributed by atoms with Crippen LogP contribution in [0.1, 0.15) is 33.6 Å². The van der Waals surface area contributed by atoms with Gasteiger partial charge in [0.1, 0.15) is 11.7 Å². The van der Waals surface area contributed by atoms with E-state index in [0.717, 1.165) is 20.6 Å². The first-order valence-electron chi connectivity index (χ1n) is 15.2. The van der Waals surface area contributed by atoms with Crippen LogP contribution in [0.15, 0.2) is 102 Å². The van der Waals surface area contributed by atoms with Crippen LogP contribution >= 0.6 is 11.6 Å². The van der Waals surface area contributed by atoms with Crippen molar-refractivity contribution in [2.45, 2.75) is 37.6 Å². The Bertz CT molecular complexity index is 2150. The zero-order valence-corrected chi connectivity index (χ0v) is 27.7. The number of anilines is 3. The molecule has 3 amide bonds. The number of aryl methyl sites for hydroxylation is 2. The van der Waals surface area contributed by atoms with Crippen molar-refractivity contribution < 1.29 is 22.8 Å². The summed E-state index contributed by atoms with van der Waals surface area (Å²) in [4.78, 5) is 43.5. The van der Waals surface area contributed by atoms with Gasteiger partial charge in [0.2, 0.25) is 11.8 Å². The Morgan fingerprint density at radius 2 is 1.58 bits per heavy atom. The number of carbonyl (C=O) groups excluding carboxylic acids is 3. The first-order valence-corrected chi connectivity index (χ1v) is 17.1. The van der Waals surface area contributed by atoms with Gasteiger partial charge < -0.3 is 16.0 Å². The fraction of sp³-hybridized carbons (Fsp3) is 0.167. The van der Waals surface area contributed by atoms with Crippen molar-refractivity contribution in [3.05, 3.63) is 125 Å². The van der Waals surface area contributed by atoms with Gasteiger partial charge in [-0.25, -0.2) is 8.42 Å². The van der Waals surface area contributed by atoms with Crippen molar-refractivity contribution in [1.29, 1.82) is 0 Å². The number of halogens is 1. The van der Waals surface area contributed by atoms with Gasteiger partial charge in [-0.1, -0.05) is 60.1 Å². The number of sulfonamides is 1. The Morgan fingerprint density at radius 1 is 0.917 bits per heavy atom. The van der Waals surface area contributed by atoms with Gasteiger partial charge in [0, 0.05) is 28.8 Å². The number of rotatable bonds is 9. The normalized spacial score (nSPS) is 14.3. The van der Waals surface area contributed by atoms with Gasteiger partial charge in [-0.05, 0) is 84.8 Å². The smallest absolute Gasteiger partial charge is 0.274 e. The van der Waals surface area contributed by atoms with E-state index in [4.69, 9.17) is 11.6 Å². The van der Waals surface area contributed by atoms with Crippen LogP contribution in [-0.2, 0) is 26.0 Å². The van der Waals surface area contributed by atoms with E-state index in [1.165, 1.54) is 0 Å². The lowest BCUT2D eigenvalue weighted by Gasteiger charge is -2.37. The van der Waals surface area contributed by atoms with Crippen LogP contribution in [0.3, 0.4) is 0 Å². The first kappa shape index (κ1) is 32.7. The molecule has 12 heteroatoms. The molecule has 0 saturated carbocycles. The molecule has 0 saturated heterocycles. The second-order valence-electron chi connectivity index (χ2n) is 11.6. The molecule has 0 radical (unpaired) electrons. The summed E-state index contributed by atoms with van der Waals surface area (Å²) in [6.45, 7) is 3.54. The molecule has 0 bridgehead atoms. The Kier molecular flexibility index (Phi) is 9.16. The van der Waals surface area contributed by atoms with Crippen molar-refractivity contribution >= 4 is 67.2 Å². The number of nitrogens with zero attached hydrogens (tertiary/aromatic N) is 2. The molecule has 0 fully saturated rings. The lowest BCUT2D eigenvalue weighted by Crippen LogP contribution is -2.53. The first-order chi connectivity index (χ1) is 23.0. The molecule has 5 aromatic rings. The van der Waals surface area contributed by atoms with Crippen LogP contribution in [0.5, 0.6) is 0 Å². The van der Waals surface area contributed by atoms with Crippen molar-refractivity contribution in [2.75, 3.05) is 21.5 Å². The number of aromatic nitrogens is 1. The van der Waals surface area contributed by atoms with Gasteiger partial charge in [-0.3, -0.25) is 23.7 Å². The molecule has 1 atom stereocenters. The fourth-order valence-electron chi connectivity index (χ4n) is 5.89. The number of pyridine rings is 1. The van der Waals surface area contributed by atoms with Crippen LogP contribution in [-0.4, -0.2) is 43.7 Å². The molecule has 4 aromatic carbocycles. The van der Waals surface area contributed by atoms with Crippen molar-refractivity contribution in [1.82, 2.24) is 10.3 Å². The monoisotopic (exact) mass is 681 g/mol. The lowest BCUT2D eigenvalue weighted by atomic mass is 10.1. The highest BCUT2D eigenvalue weighted by atomic mass is 35.5. The maximum Gasteiger partial charge on any atom is 0.274 e. The molecule has 48 heavy (non-hydrogen) atoms. The van der Waals surface area contributed by atoms with Gasteiger partial charge >= 0.3 is 0 Å². The number of hydrogen-bond donors (Lipinski definition) is 3. The Hall–Kier alpha value is -5.26. The molecular weight excluding hydrogens is 650 g/mol. The highest BCUT2D eigenvalue weighted by molar-refractivity contribution is 7.93. The zero-order valence-electron chi connectivity index (χ0n) is 26.2. The van der Waals surface area contributed by atoms with E-state index >= 15 is 0 Å². The molecule has 1 aliphatic heterocycles. The molecule has 244 valence electrons. The summed E-state index contributed by atoms with van der Waals surface area (Å²) in [5.74, 6) is -1.41. The van der Waals surface area contributed by atoms with E-state index in [-0.39, 0.29) is 23.0 Å². The molecule has 0 spiro atoms. The minimum absolute atomic E-state index is 0.0370. The van der Waals surface area contributed by atoms with Crippen LogP contribution < -0.4 is 20.3 Å². The number of para-hydroxylation sites is 2. The summed E-state index contributed by atoms with van der Waals surface area (Å²) in [5.41, 5.74) is 3.27. The molecule has 0 aliphatic carbocycles. The summed E-state index contributed by atoms with van der Waals surface area (Å²) in [7, 11) is -4.29. The van der Waals surface area contributed by atoms with Gasteiger partial charge in [0.05, 0.1) is 22.7 Å². The summed E-state index contributed by atoms with van der Waals surface area (Å²) >= 11 is 6.17. The maximum atomic E-state index is 14.2. The largest absolute Gasteiger partial charge is 0.356 e. The highest BCUT2D eigenvalue weighted by Crippen LogP contribution is 2.39. The van der Waals surface area contributed by atoms with E-state index < -0.39 is 34.3 Å². The summed E-state index contributed by atoms with van der Waals surface area (Å²) in [6, 6.07) is 25.0. The predicted octanol–water partition coefficient (Wildman–Crippen LogP) is 6.02. The summed E-state index contributed by atoms with van der Waals surface area (Å²) in [6.07, 6.45) is 1.75. The second-order valence-corrected chi connectivity index (χ2v) is 13.8. The molecule has 10 nitrogen and oxygen atoms in total. The van der Waals surface area contributed by atoms with Gasteiger partial charge in [0.15, 0.2) is 0 Å². The third-order valence-electron chi connectivity index (χ3n) is 8.12. The average Bonchev–Trinajstić information content (AvgIpc) is 3.05. The van der Waals surface area contributed by atoms with Gasteiger partial charge in [-0.15, -0.1) is 0 Å². The number of benzene rings is 4. The van der Waals surface area contributed by atoms with E-state index in [1.54, 1.807) is 74.6 Å². The van der Waals surface area contributed by atoms with E-state index in [2.05, 4.69) is 20.9 Å². The fourth-order valence-corrected chi connectivity index (χ4v) is 8.27.